The van der Waals surface area contributed by atoms with Gasteiger partial charge in [-0.1, -0.05) is 29.8 Å². The van der Waals surface area contributed by atoms with E-state index in [4.69, 9.17) is 9.84 Å². The highest BCUT2D eigenvalue weighted by atomic mass is 16.5. The highest BCUT2D eigenvalue weighted by Crippen LogP contribution is 2.15. The summed E-state index contributed by atoms with van der Waals surface area (Å²) >= 11 is 0. The molecule has 2 aromatic rings. The number of carbonyl (C=O) groups is 2. The van der Waals surface area contributed by atoms with Crippen LogP contribution in [0.4, 0.5) is 0 Å². The Bertz CT molecular complexity index is 758. The topological polar surface area (TPSA) is 110 Å². The molecule has 25 heavy (non-hydrogen) atoms. The summed E-state index contributed by atoms with van der Waals surface area (Å²) in [5.74, 6) is -0.770. The van der Waals surface area contributed by atoms with Crippen LogP contribution in [0.5, 0.6) is 0 Å². The van der Waals surface area contributed by atoms with Gasteiger partial charge < -0.3 is 14.7 Å². The first-order valence-electron chi connectivity index (χ1n) is 7.97. The number of aryl methyl sites for hydroxylation is 1. The minimum Gasteiger partial charge on any atom is -0.481 e. The molecule has 1 aromatic heterocycles. The van der Waals surface area contributed by atoms with Crippen LogP contribution in [0.15, 0.2) is 24.3 Å². The maximum Gasteiger partial charge on any atom is 0.305 e. The fourth-order valence-corrected chi connectivity index (χ4v) is 2.69. The third kappa shape index (κ3) is 4.18. The average molecular weight is 345 g/mol. The van der Waals surface area contributed by atoms with Crippen LogP contribution in [0.2, 0.25) is 0 Å². The lowest BCUT2D eigenvalue weighted by Gasteiger charge is -2.34. The maximum absolute atomic E-state index is 12.5. The van der Waals surface area contributed by atoms with E-state index in [0.717, 1.165) is 11.1 Å². The second kappa shape index (κ2) is 7.39. The molecule has 132 valence electrons. The number of amides is 1. The third-order valence-corrected chi connectivity index (χ3v) is 4.00. The summed E-state index contributed by atoms with van der Waals surface area (Å²) in [7, 11) is 0. The zero-order chi connectivity index (χ0) is 17.8. The van der Waals surface area contributed by atoms with Crippen molar-refractivity contribution in [1.29, 1.82) is 0 Å². The maximum atomic E-state index is 12.5. The molecule has 1 atom stereocenters. The number of hydrogen-bond donors (Lipinski definition) is 1. The number of hydrogen-bond acceptors (Lipinski definition) is 6. The van der Waals surface area contributed by atoms with E-state index in [-0.39, 0.29) is 25.5 Å². The molecule has 9 nitrogen and oxygen atoms in total. The normalized spacial score (nSPS) is 17.5. The molecular formula is C16H19N5O4. The molecule has 0 saturated carbocycles. The number of nitrogens with zero attached hydrogens (tertiary/aromatic N) is 5. The Hall–Kier alpha value is -2.81. The van der Waals surface area contributed by atoms with Gasteiger partial charge in [-0.15, -0.1) is 10.2 Å². The van der Waals surface area contributed by atoms with Crippen LogP contribution in [0.1, 0.15) is 12.0 Å². The molecule has 0 aliphatic carbocycles. The van der Waals surface area contributed by atoms with E-state index in [1.807, 2.05) is 31.2 Å². The fraction of sp³-hybridized carbons (Fsp3) is 0.438. The van der Waals surface area contributed by atoms with E-state index in [2.05, 4.69) is 15.4 Å². The fourth-order valence-electron chi connectivity index (χ4n) is 2.69. The molecule has 1 N–H and O–H groups in total. The number of benzene rings is 1. The highest BCUT2D eigenvalue weighted by Gasteiger charge is 2.29. The minimum atomic E-state index is -0.964. The van der Waals surface area contributed by atoms with Gasteiger partial charge in [-0.3, -0.25) is 9.59 Å². The summed E-state index contributed by atoms with van der Waals surface area (Å²) < 4.78 is 5.28. The van der Waals surface area contributed by atoms with Gasteiger partial charge in [0.05, 0.1) is 25.7 Å². The molecule has 1 saturated heterocycles. The van der Waals surface area contributed by atoms with Gasteiger partial charge >= 0.3 is 5.97 Å². The van der Waals surface area contributed by atoms with Gasteiger partial charge in [0.15, 0.2) is 0 Å². The molecule has 0 radical (unpaired) electrons. The second-order valence-electron chi connectivity index (χ2n) is 5.92. The van der Waals surface area contributed by atoms with Gasteiger partial charge in [0.2, 0.25) is 11.7 Å². The predicted molar refractivity (Wildman–Crippen MR) is 86.6 cm³/mol. The molecule has 0 spiro atoms. The Morgan fingerprint density at radius 2 is 2.08 bits per heavy atom. The number of tetrazole rings is 1. The van der Waals surface area contributed by atoms with Gasteiger partial charge in [0.1, 0.15) is 6.54 Å². The van der Waals surface area contributed by atoms with Crippen molar-refractivity contribution in [2.75, 3.05) is 19.8 Å². The van der Waals surface area contributed by atoms with Crippen molar-refractivity contribution in [2.24, 2.45) is 0 Å². The van der Waals surface area contributed by atoms with Gasteiger partial charge in [-0.2, -0.15) is 4.80 Å². The predicted octanol–water partition coefficient (Wildman–Crippen LogP) is 0.351. The summed E-state index contributed by atoms with van der Waals surface area (Å²) in [4.78, 5) is 26.2. The number of rotatable bonds is 5. The van der Waals surface area contributed by atoms with Gasteiger partial charge in [-0.25, -0.2) is 0 Å². The van der Waals surface area contributed by atoms with Crippen molar-refractivity contribution in [1.82, 2.24) is 25.1 Å². The number of morpholine rings is 1. The molecule has 1 aromatic carbocycles. The Morgan fingerprint density at radius 1 is 1.32 bits per heavy atom. The quantitative estimate of drug-likeness (QED) is 0.832. The molecule has 1 fully saturated rings. The Kier molecular flexibility index (Phi) is 5.03. The smallest absolute Gasteiger partial charge is 0.305 e. The number of carboxylic acids is 1. The molecule has 1 aliphatic heterocycles. The lowest BCUT2D eigenvalue weighted by molar-refractivity contribution is -0.146. The number of aliphatic carboxylic acids is 1. The van der Waals surface area contributed by atoms with E-state index in [0.29, 0.717) is 19.0 Å². The van der Waals surface area contributed by atoms with Crippen LogP contribution < -0.4 is 0 Å². The van der Waals surface area contributed by atoms with E-state index in [1.54, 1.807) is 0 Å². The summed E-state index contributed by atoms with van der Waals surface area (Å²) in [5, 5.41) is 21.1. The summed E-state index contributed by atoms with van der Waals surface area (Å²) in [6.07, 6.45) is -0.148. The monoisotopic (exact) mass is 345 g/mol. The first kappa shape index (κ1) is 17.0. The van der Waals surface area contributed by atoms with Crippen molar-refractivity contribution < 1.29 is 19.4 Å². The standard InChI is InChI=1S/C16H19N5O4/c1-11-2-4-12(5-3-11)16-17-19-21(18-16)9-14(22)20-6-7-25-10-13(20)8-15(23)24/h2-5,13H,6-10H2,1H3,(H,23,24). The van der Waals surface area contributed by atoms with Crippen LogP contribution in [0.3, 0.4) is 0 Å². The summed E-state index contributed by atoms with van der Waals surface area (Å²) in [6, 6.07) is 7.21. The van der Waals surface area contributed by atoms with Crippen LogP contribution in [0.25, 0.3) is 11.4 Å². The van der Waals surface area contributed by atoms with Gasteiger partial charge in [0.25, 0.3) is 0 Å². The molecule has 1 aliphatic rings. The number of carboxylic acid groups (broad SMARTS) is 1. The number of ether oxygens (including phenoxy) is 1. The largest absolute Gasteiger partial charge is 0.481 e. The van der Waals surface area contributed by atoms with Crippen molar-refractivity contribution >= 4 is 11.9 Å². The molecule has 2 heterocycles. The Labute approximate surface area is 144 Å². The molecular weight excluding hydrogens is 326 g/mol. The van der Waals surface area contributed by atoms with Crippen LogP contribution in [-0.4, -0.2) is 67.9 Å². The SMILES string of the molecule is Cc1ccc(-c2nnn(CC(=O)N3CCOCC3CC(=O)O)n2)cc1. The third-order valence-electron chi connectivity index (χ3n) is 4.00. The van der Waals surface area contributed by atoms with E-state index in [1.165, 1.54) is 9.70 Å². The zero-order valence-corrected chi connectivity index (χ0v) is 13.8. The highest BCUT2D eigenvalue weighted by molar-refractivity contribution is 5.77. The van der Waals surface area contributed by atoms with Gasteiger partial charge in [0, 0.05) is 12.1 Å². The molecule has 1 amide bonds. The average Bonchev–Trinajstić information content (AvgIpc) is 3.04. The molecule has 0 bridgehead atoms. The minimum absolute atomic E-state index is 0.0883. The Morgan fingerprint density at radius 3 is 2.80 bits per heavy atom. The van der Waals surface area contributed by atoms with Gasteiger partial charge in [-0.05, 0) is 12.1 Å². The summed E-state index contributed by atoms with van der Waals surface area (Å²) in [6.45, 7) is 2.87. The number of aromatic nitrogens is 4. The van der Waals surface area contributed by atoms with Crippen LogP contribution >= 0.6 is 0 Å². The lowest BCUT2D eigenvalue weighted by atomic mass is 10.1. The second-order valence-corrected chi connectivity index (χ2v) is 5.92. The van der Waals surface area contributed by atoms with Crippen molar-refractivity contribution in [3.63, 3.8) is 0 Å². The molecule has 1 unspecified atom stereocenters. The molecule has 3 rings (SSSR count). The first-order chi connectivity index (χ1) is 12.0. The van der Waals surface area contributed by atoms with Crippen LogP contribution in [0, 0.1) is 6.92 Å². The van der Waals surface area contributed by atoms with E-state index in [9.17, 15) is 9.59 Å². The van der Waals surface area contributed by atoms with E-state index >= 15 is 0 Å². The van der Waals surface area contributed by atoms with Crippen molar-refractivity contribution in [3.05, 3.63) is 29.8 Å². The number of carbonyl (C=O) groups excluding carboxylic acids is 1. The molecule has 9 heteroatoms. The first-order valence-corrected chi connectivity index (χ1v) is 7.97. The van der Waals surface area contributed by atoms with E-state index < -0.39 is 12.0 Å². The van der Waals surface area contributed by atoms with Crippen LogP contribution in [-0.2, 0) is 20.9 Å². The van der Waals surface area contributed by atoms with Crippen molar-refractivity contribution in [3.8, 4) is 11.4 Å². The van der Waals surface area contributed by atoms with Crippen molar-refractivity contribution in [2.45, 2.75) is 25.9 Å². The Balaban J connectivity index is 1.68. The lowest BCUT2D eigenvalue weighted by Crippen LogP contribution is -2.50. The summed E-state index contributed by atoms with van der Waals surface area (Å²) in [5.41, 5.74) is 1.95. The zero-order valence-electron chi connectivity index (χ0n) is 13.8.